The van der Waals surface area contributed by atoms with E-state index in [1.807, 2.05) is 0 Å². The van der Waals surface area contributed by atoms with Crippen LogP contribution in [0.3, 0.4) is 0 Å². The minimum atomic E-state index is -1.10. The highest BCUT2D eigenvalue weighted by Gasteiger charge is 2.27. The van der Waals surface area contributed by atoms with Gasteiger partial charge < -0.3 is 9.05 Å². The maximum Gasteiger partial charge on any atom is 0.259 e. The quantitative estimate of drug-likeness (QED) is 0.416. The van der Waals surface area contributed by atoms with E-state index in [0.29, 0.717) is 31.7 Å². The second-order valence-electron chi connectivity index (χ2n) is 5.78. The Balaban J connectivity index is 2.40. The van der Waals surface area contributed by atoms with Crippen LogP contribution in [0.15, 0.2) is 0 Å². The second kappa shape index (κ2) is 11.4. The lowest BCUT2D eigenvalue weighted by Crippen LogP contribution is -2.33. The van der Waals surface area contributed by atoms with Gasteiger partial charge in [-0.3, -0.25) is 0 Å². The van der Waals surface area contributed by atoms with Crippen LogP contribution in [0.25, 0.3) is 0 Å². The molecule has 0 heterocycles. The fourth-order valence-electron chi connectivity index (χ4n) is 2.31. The molecule has 4 nitrogen and oxygen atoms in total. The van der Waals surface area contributed by atoms with Crippen molar-refractivity contribution in [1.29, 1.82) is 5.26 Å². The van der Waals surface area contributed by atoms with E-state index in [9.17, 15) is 0 Å². The maximum atomic E-state index is 8.68. The highest BCUT2D eigenvalue weighted by molar-refractivity contribution is 7.44. The van der Waals surface area contributed by atoms with Gasteiger partial charge in [0.05, 0.1) is 25.7 Å². The predicted molar refractivity (Wildman–Crippen MR) is 90.8 cm³/mol. The van der Waals surface area contributed by atoms with E-state index in [1.54, 1.807) is 0 Å². The highest BCUT2D eigenvalue weighted by atomic mass is 31.2. The molecule has 1 aliphatic rings. The Labute approximate surface area is 138 Å². The molecule has 0 aromatic heterocycles. The van der Waals surface area contributed by atoms with Crippen LogP contribution in [0, 0.1) is 42.9 Å². The van der Waals surface area contributed by atoms with Gasteiger partial charge >= 0.3 is 0 Å². The van der Waals surface area contributed by atoms with E-state index < -0.39 is 8.53 Å². The van der Waals surface area contributed by atoms with Crippen molar-refractivity contribution < 1.29 is 9.05 Å². The van der Waals surface area contributed by atoms with E-state index in [1.165, 1.54) is 5.92 Å². The third-order valence-corrected chi connectivity index (χ3v) is 5.31. The Morgan fingerprint density at radius 3 is 2.23 bits per heavy atom. The van der Waals surface area contributed by atoms with Gasteiger partial charge in [0.25, 0.3) is 8.53 Å². The minimum absolute atomic E-state index is 0.350. The average molecular weight is 323 g/mol. The van der Waals surface area contributed by atoms with Crippen LogP contribution >= 0.6 is 8.53 Å². The van der Waals surface area contributed by atoms with Crippen molar-refractivity contribution in [2.24, 2.45) is 0 Å². The monoisotopic (exact) mass is 323 g/mol. The van der Waals surface area contributed by atoms with E-state index in [-0.39, 0.29) is 0 Å². The molecule has 123 valence electrons. The van der Waals surface area contributed by atoms with Crippen molar-refractivity contribution in [2.75, 3.05) is 13.2 Å². The van der Waals surface area contributed by atoms with Crippen molar-refractivity contribution >= 4 is 8.53 Å². The Hall–Kier alpha value is -0.200. The lowest BCUT2D eigenvalue weighted by molar-refractivity contribution is 0.175. The number of nitriles is 1. The summed E-state index contributed by atoms with van der Waals surface area (Å²) in [6, 6.07) is 2.82. The van der Waals surface area contributed by atoms with Gasteiger partial charge in [-0.05, 0) is 72.1 Å². The second-order valence-corrected chi connectivity index (χ2v) is 7.23. The first-order valence-corrected chi connectivity index (χ1v) is 9.11. The minimum Gasteiger partial charge on any atom is -0.322 e. The molecule has 0 amide bonds. The Morgan fingerprint density at radius 1 is 1.09 bits per heavy atom. The van der Waals surface area contributed by atoms with Gasteiger partial charge in [-0.25, -0.2) is 4.67 Å². The molecule has 1 fully saturated rings. The lowest BCUT2D eigenvalue weighted by Gasteiger charge is -2.35. The first-order valence-electron chi connectivity index (χ1n) is 7.98. The molecule has 0 saturated heterocycles. The Bertz CT molecular complexity index is 317. The summed E-state index contributed by atoms with van der Waals surface area (Å²) < 4.78 is 14.1. The third-order valence-electron chi connectivity index (χ3n) is 3.21. The fourth-order valence-corrected chi connectivity index (χ4v) is 3.94. The molecule has 1 atom stereocenters. The van der Waals surface area contributed by atoms with Crippen LogP contribution < -0.4 is 0 Å². The predicted octanol–water partition coefficient (Wildman–Crippen LogP) is 4.46. The maximum absolute atomic E-state index is 8.68. The van der Waals surface area contributed by atoms with Crippen LogP contribution in [-0.2, 0) is 9.05 Å². The highest BCUT2D eigenvalue weighted by Crippen LogP contribution is 2.46. The fraction of sp³-hybridized carbons (Fsp3) is 0.647. The first-order chi connectivity index (χ1) is 10.6. The summed E-state index contributed by atoms with van der Waals surface area (Å²) in [5.41, 5.74) is 0. The number of rotatable bonds is 11. The number of hydrogen-bond donors (Lipinski definition) is 0. The van der Waals surface area contributed by atoms with E-state index >= 15 is 0 Å². The molecule has 22 heavy (non-hydrogen) atoms. The molecule has 0 N–H and O–H groups in total. The van der Waals surface area contributed by atoms with E-state index in [2.05, 4.69) is 64.1 Å². The zero-order valence-corrected chi connectivity index (χ0v) is 15.1. The summed E-state index contributed by atoms with van der Waals surface area (Å²) >= 11 is 0. The van der Waals surface area contributed by atoms with Crippen LogP contribution in [0.1, 0.15) is 47.0 Å². The number of nitrogens with zero attached hydrogens (tertiary/aromatic N) is 2. The smallest absolute Gasteiger partial charge is 0.259 e. The lowest BCUT2D eigenvalue weighted by atomic mass is 10.0. The third kappa shape index (κ3) is 7.38. The van der Waals surface area contributed by atoms with Crippen molar-refractivity contribution in [1.82, 2.24) is 4.67 Å². The molecular weight excluding hydrogens is 295 g/mol. The van der Waals surface area contributed by atoms with Gasteiger partial charge in [-0.1, -0.05) is 0 Å². The Morgan fingerprint density at radius 2 is 1.68 bits per heavy atom. The molecule has 1 aliphatic carbocycles. The standard InChI is InChI=1S/C17H28N2O2P/c1-15(2)19(16(3)4)22(21-14-8-12-18)20-13-7-11-17-9-5-6-10-17/h5-6,9-10,15-16H,7-8,11,13-14H2,1-4H3. The van der Waals surface area contributed by atoms with Crippen LogP contribution in [0.5, 0.6) is 0 Å². The Kier molecular flexibility index (Phi) is 10.2. The first kappa shape index (κ1) is 19.8. The van der Waals surface area contributed by atoms with Crippen molar-refractivity contribution in [3.63, 3.8) is 0 Å². The average Bonchev–Trinajstić information content (AvgIpc) is 2.95. The van der Waals surface area contributed by atoms with Crippen LogP contribution in [0.2, 0.25) is 0 Å². The van der Waals surface area contributed by atoms with Gasteiger partial charge in [0.2, 0.25) is 0 Å². The summed E-state index contributed by atoms with van der Waals surface area (Å²) in [6.07, 6.45) is 10.8. The molecule has 1 saturated carbocycles. The summed E-state index contributed by atoms with van der Waals surface area (Å²) in [7, 11) is -1.10. The molecule has 0 spiro atoms. The van der Waals surface area contributed by atoms with Crippen LogP contribution in [-0.4, -0.2) is 30.0 Å². The zero-order valence-electron chi connectivity index (χ0n) is 14.2. The van der Waals surface area contributed by atoms with Crippen molar-refractivity contribution in [3.8, 4) is 6.07 Å². The molecule has 1 rings (SSSR count). The van der Waals surface area contributed by atoms with Gasteiger partial charge in [0.15, 0.2) is 0 Å². The van der Waals surface area contributed by atoms with Crippen LogP contribution in [0.4, 0.5) is 0 Å². The summed E-state index contributed by atoms with van der Waals surface area (Å²) in [5.74, 6) is 1.35. The van der Waals surface area contributed by atoms with Crippen molar-refractivity contribution in [3.05, 3.63) is 31.6 Å². The molecule has 0 aromatic rings. The summed E-state index contributed by atoms with van der Waals surface area (Å²) in [6.45, 7) is 9.71. The molecule has 5 radical (unpaired) electrons. The SMILES string of the molecule is CC(C)N(C(C)C)P(OCCC#N)OCCC[C]1[CH][CH][CH][CH]1. The number of hydrogen-bond acceptors (Lipinski definition) is 4. The molecule has 0 bridgehead atoms. The largest absolute Gasteiger partial charge is 0.322 e. The molecule has 0 aromatic carbocycles. The molecule has 1 unspecified atom stereocenters. The molecular formula is C17H28N2O2P. The van der Waals surface area contributed by atoms with Crippen molar-refractivity contribution in [2.45, 2.75) is 59.0 Å². The van der Waals surface area contributed by atoms with Gasteiger partial charge in [0.1, 0.15) is 0 Å². The summed E-state index contributed by atoms with van der Waals surface area (Å²) in [5, 5.41) is 8.68. The zero-order chi connectivity index (χ0) is 16.4. The van der Waals surface area contributed by atoms with Gasteiger partial charge in [0, 0.05) is 12.1 Å². The van der Waals surface area contributed by atoms with Gasteiger partial charge in [-0.2, -0.15) is 5.26 Å². The molecule has 0 aliphatic heterocycles. The topological polar surface area (TPSA) is 45.5 Å². The van der Waals surface area contributed by atoms with Gasteiger partial charge in [-0.15, -0.1) is 0 Å². The van der Waals surface area contributed by atoms with E-state index in [0.717, 1.165) is 12.8 Å². The summed E-state index contributed by atoms with van der Waals surface area (Å²) in [4.78, 5) is 0. The normalized spacial score (nSPS) is 17.5. The van der Waals surface area contributed by atoms with E-state index in [4.69, 9.17) is 14.3 Å². The molecule has 5 heteroatoms.